The SMILES string of the molecule is Cc1nn(C)c(C)c1CC(=O)N(C)CCc1ccncc1. The van der Waals surface area contributed by atoms with Gasteiger partial charge in [-0.2, -0.15) is 5.10 Å². The third-order valence-corrected chi connectivity index (χ3v) is 3.90. The summed E-state index contributed by atoms with van der Waals surface area (Å²) in [6, 6.07) is 3.96. The molecule has 0 spiro atoms. The zero-order valence-electron chi connectivity index (χ0n) is 13.1. The summed E-state index contributed by atoms with van der Waals surface area (Å²) in [7, 11) is 3.76. The molecular weight excluding hydrogens is 264 g/mol. The smallest absolute Gasteiger partial charge is 0.226 e. The molecular formula is C16H22N4O. The van der Waals surface area contributed by atoms with Crippen molar-refractivity contribution in [1.82, 2.24) is 19.7 Å². The summed E-state index contributed by atoms with van der Waals surface area (Å²) in [5, 5.41) is 4.36. The molecule has 0 aliphatic heterocycles. The first-order valence-corrected chi connectivity index (χ1v) is 7.11. The minimum absolute atomic E-state index is 0.128. The number of aryl methyl sites for hydroxylation is 2. The van der Waals surface area contributed by atoms with Crippen LogP contribution in [0, 0.1) is 13.8 Å². The third-order valence-electron chi connectivity index (χ3n) is 3.90. The number of nitrogens with zero attached hydrogens (tertiary/aromatic N) is 4. The molecule has 2 aromatic rings. The largest absolute Gasteiger partial charge is 0.345 e. The van der Waals surface area contributed by atoms with Crippen LogP contribution in [0.25, 0.3) is 0 Å². The summed E-state index contributed by atoms with van der Waals surface area (Å²) in [5.74, 6) is 0.128. The fourth-order valence-corrected chi connectivity index (χ4v) is 2.33. The Morgan fingerprint density at radius 3 is 2.52 bits per heavy atom. The van der Waals surface area contributed by atoms with Crippen molar-refractivity contribution in [2.45, 2.75) is 26.7 Å². The molecule has 5 nitrogen and oxygen atoms in total. The quantitative estimate of drug-likeness (QED) is 0.840. The monoisotopic (exact) mass is 286 g/mol. The van der Waals surface area contributed by atoms with Crippen LogP contribution in [0.1, 0.15) is 22.5 Å². The standard InChI is InChI=1S/C16H22N4O/c1-12-15(13(2)20(4)18-12)11-16(21)19(3)10-7-14-5-8-17-9-6-14/h5-6,8-9H,7,10-11H2,1-4H3. The van der Waals surface area contributed by atoms with Gasteiger partial charge in [-0.05, 0) is 38.0 Å². The van der Waals surface area contributed by atoms with E-state index in [1.807, 2.05) is 44.8 Å². The number of pyridine rings is 1. The van der Waals surface area contributed by atoms with Crippen LogP contribution in [0.2, 0.25) is 0 Å². The molecule has 0 saturated heterocycles. The molecule has 0 aliphatic rings. The van der Waals surface area contributed by atoms with Gasteiger partial charge in [-0.3, -0.25) is 14.5 Å². The van der Waals surface area contributed by atoms with Crippen LogP contribution >= 0.6 is 0 Å². The van der Waals surface area contributed by atoms with Crippen LogP contribution in [-0.4, -0.2) is 39.2 Å². The Morgan fingerprint density at radius 1 is 1.29 bits per heavy atom. The molecule has 2 rings (SSSR count). The van der Waals surface area contributed by atoms with Gasteiger partial charge >= 0.3 is 0 Å². The highest BCUT2D eigenvalue weighted by Gasteiger charge is 2.16. The first-order valence-electron chi connectivity index (χ1n) is 7.11. The maximum Gasteiger partial charge on any atom is 0.226 e. The van der Waals surface area contributed by atoms with Gasteiger partial charge in [-0.25, -0.2) is 0 Å². The molecule has 0 radical (unpaired) electrons. The van der Waals surface area contributed by atoms with Gasteiger partial charge in [-0.15, -0.1) is 0 Å². The number of aromatic nitrogens is 3. The van der Waals surface area contributed by atoms with Crippen LogP contribution in [0.5, 0.6) is 0 Å². The second kappa shape index (κ2) is 6.52. The Kier molecular flexibility index (Phi) is 4.73. The van der Waals surface area contributed by atoms with Gasteiger partial charge in [0, 0.05) is 44.3 Å². The predicted octanol–water partition coefficient (Wildman–Crippen LogP) is 1.68. The van der Waals surface area contributed by atoms with Gasteiger partial charge < -0.3 is 4.90 Å². The van der Waals surface area contributed by atoms with Crippen molar-refractivity contribution < 1.29 is 4.79 Å². The van der Waals surface area contributed by atoms with E-state index in [1.54, 1.807) is 17.3 Å². The van der Waals surface area contributed by atoms with E-state index in [0.29, 0.717) is 13.0 Å². The van der Waals surface area contributed by atoms with E-state index in [2.05, 4.69) is 10.1 Å². The van der Waals surface area contributed by atoms with Gasteiger partial charge in [0.05, 0.1) is 12.1 Å². The fraction of sp³-hybridized carbons (Fsp3) is 0.438. The molecule has 0 unspecified atom stereocenters. The van der Waals surface area contributed by atoms with E-state index in [0.717, 1.165) is 23.4 Å². The molecule has 112 valence electrons. The number of hydrogen-bond donors (Lipinski definition) is 0. The summed E-state index contributed by atoms with van der Waals surface area (Å²) >= 11 is 0. The average molecular weight is 286 g/mol. The molecule has 0 atom stereocenters. The molecule has 2 heterocycles. The topological polar surface area (TPSA) is 51.0 Å². The molecule has 1 amide bonds. The Bertz CT molecular complexity index is 619. The van der Waals surface area contributed by atoms with Gasteiger partial charge in [0.15, 0.2) is 0 Å². The van der Waals surface area contributed by atoms with Crippen LogP contribution < -0.4 is 0 Å². The zero-order valence-corrected chi connectivity index (χ0v) is 13.1. The Labute approximate surface area is 125 Å². The molecule has 0 bridgehead atoms. The van der Waals surface area contributed by atoms with Gasteiger partial charge in [0.1, 0.15) is 0 Å². The molecule has 0 saturated carbocycles. The lowest BCUT2D eigenvalue weighted by Crippen LogP contribution is -2.30. The summed E-state index contributed by atoms with van der Waals surface area (Å²) in [6.45, 7) is 4.66. The lowest BCUT2D eigenvalue weighted by molar-refractivity contribution is -0.129. The maximum atomic E-state index is 12.3. The lowest BCUT2D eigenvalue weighted by Gasteiger charge is -2.17. The van der Waals surface area contributed by atoms with Gasteiger partial charge in [0.25, 0.3) is 0 Å². The molecule has 2 aromatic heterocycles. The van der Waals surface area contributed by atoms with Crippen molar-refractivity contribution in [1.29, 1.82) is 0 Å². The highest BCUT2D eigenvalue weighted by Crippen LogP contribution is 2.13. The second-order valence-electron chi connectivity index (χ2n) is 5.37. The number of amides is 1. The summed E-state index contributed by atoms with van der Waals surface area (Å²) in [6.07, 6.45) is 4.81. The van der Waals surface area contributed by atoms with Crippen LogP contribution in [0.15, 0.2) is 24.5 Å². The minimum atomic E-state index is 0.128. The number of likely N-dealkylation sites (N-methyl/N-ethyl adjacent to an activating group) is 1. The van der Waals surface area contributed by atoms with Crippen molar-refractivity contribution in [3.8, 4) is 0 Å². The van der Waals surface area contributed by atoms with E-state index in [4.69, 9.17) is 0 Å². The summed E-state index contributed by atoms with van der Waals surface area (Å²) in [4.78, 5) is 18.1. The minimum Gasteiger partial charge on any atom is -0.345 e. The number of hydrogen-bond acceptors (Lipinski definition) is 3. The lowest BCUT2D eigenvalue weighted by atomic mass is 10.1. The van der Waals surface area contributed by atoms with E-state index in [9.17, 15) is 4.79 Å². The molecule has 0 aliphatic carbocycles. The normalized spacial score (nSPS) is 10.7. The van der Waals surface area contributed by atoms with E-state index in [-0.39, 0.29) is 5.91 Å². The van der Waals surface area contributed by atoms with Crippen LogP contribution in [0.4, 0.5) is 0 Å². The molecule has 0 aromatic carbocycles. The van der Waals surface area contributed by atoms with E-state index < -0.39 is 0 Å². The van der Waals surface area contributed by atoms with Gasteiger partial charge in [0.2, 0.25) is 5.91 Å². The molecule has 5 heteroatoms. The van der Waals surface area contributed by atoms with Crippen molar-refractivity contribution in [2.75, 3.05) is 13.6 Å². The molecule has 21 heavy (non-hydrogen) atoms. The molecule has 0 N–H and O–H groups in total. The van der Waals surface area contributed by atoms with Crippen molar-refractivity contribution in [2.24, 2.45) is 7.05 Å². The first-order chi connectivity index (χ1) is 9.99. The number of carbonyl (C=O) groups is 1. The van der Waals surface area contributed by atoms with E-state index >= 15 is 0 Å². The molecule has 0 fully saturated rings. The zero-order chi connectivity index (χ0) is 15.4. The van der Waals surface area contributed by atoms with Crippen LogP contribution in [0.3, 0.4) is 0 Å². The Morgan fingerprint density at radius 2 is 1.95 bits per heavy atom. The van der Waals surface area contributed by atoms with E-state index in [1.165, 1.54) is 5.56 Å². The highest BCUT2D eigenvalue weighted by atomic mass is 16.2. The van der Waals surface area contributed by atoms with Crippen molar-refractivity contribution >= 4 is 5.91 Å². The second-order valence-corrected chi connectivity index (χ2v) is 5.37. The van der Waals surface area contributed by atoms with Gasteiger partial charge in [-0.1, -0.05) is 0 Å². The predicted molar refractivity (Wildman–Crippen MR) is 82.0 cm³/mol. The maximum absolute atomic E-state index is 12.3. The highest BCUT2D eigenvalue weighted by molar-refractivity contribution is 5.79. The Hall–Kier alpha value is -2.17. The average Bonchev–Trinajstić information content (AvgIpc) is 2.72. The van der Waals surface area contributed by atoms with Crippen molar-refractivity contribution in [3.63, 3.8) is 0 Å². The summed E-state index contributed by atoms with van der Waals surface area (Å²) in [5.41, 5.74) is 4.23. The van der Waals surface area contributed by atoms with Crippen molar-refractivity contribution in [3.05, 3.63) is 47.0 Å². The third kappa shape index (κ3) is 3.68. The van der Waals surface area contributed by atoms with Crippen LogP contribution in [-0.2, 0) is 24.7 Å². The number of rotatable bonds is 5. The first kappa shape index (κ1) is 15.2. The fourth-order valence-electron chi connectivity index (χ4n) is 2.33. The number of carbonyl (C=O) groups excluding carboxylic acids is 1. The summed E-state index contributed by atoms with van der Waals surface area (Å²) < 4.78 is 1.83. The Balaban J connectivity index is 1.93.